The lowest BCUT2D eigenvalue weighted by molar-refractivity contribution is -0.132. The number of carbonyl (C=O) groups is 1. The van der Waals surface area contributed by atoms with E-state index in [-0.39, 0.29) is 5.91 Å². The number of amides is 1. The van der Waals surface area contributed by atoms with Gasteiger partial charge < -0.3 is 4.90 Å². The van der Waals surface area contributed by atoms with E-state index in [1.165, 1.54) is 11.1 Å². The number of aromatic amines is 1. The second-order valence-electron chi connectivity index (χ2n) is 8.03. The molecule has 0 radical (unpaired) electrons. The van der Waals surface area contributed by atoms with Crippen molar-refractivity contribution in [3.63, 3.8) is 0 Å². The highest BCUT2D eigenvalue weighted by Crippen LogP contribution is 2.24. The minimum Gasteiger partial charge on any atom is -0.340 e. The number of nitrogens with one attached hydrogen (secondary N) is 1. The van der Waals surface area contributed by atoms with Crippen molar-refractivity contribution < 1.29 is 4.79 Å². The molecule has 5 nitrogen and oxygen atoms in total. The van der Waals surface area contributed by atoms with Crippen LogP contribution in [-0.4, -0.2) is 38.2 Å². The quantitative estimate of drug-likeness (QED) is 0.552. The summed E-state index contributed by atoms with van der Waals surface area (Å²) in [6.45, 7) is 3.46. The lowest BCUT2D eigenvalue weighted by Gasteiger charge is -2.25. The molecule has 6 heteroatoms. The Balaban J connectivity index is 1.40. The van der Waals surface area contributed by atoms with E-state index in [1.54, 1.807) is 0 Å². The van der Waals surface area contributed by atoms with Gasteiger partial charge in [-0.25, -0.2) is 0 Å². The summed E-state index contributed by atoms with van der Waals surface area (Å²) in [6.07, 6.45) is 4.66. The van der Waals surface area contributed by atoms with Gasteiger partial charge in [-0.05, 0) is 56.5 Å². The molecule has 0 aliphatic carbocycles. The van der Waals surface area contributed by atoms with Crippen molar-refractivity contribution in [2.24, 2.45) is 0 Å². The number of aromatic nitrogens is 3. The predicted octanol–water partition coefficient (Wildman–Crippen LogP) is 4.93. The maximum absolute atomic E-state index is 13.0. The molecule has 0 spiro atoms. The Morgan fingerprint density at radius 2 is 2.03 bits per heavy atom. The van der Waals surface area contributed by atoms with E-state index in [4.69, 9.17) is 12.2 Å². The molecule has 1 aliphatic heterocycles. The van der Waals surface area contributed by atoms with Gasteiger partial charge in [-0.15, -0.1) is 0 Å². The first kappa shape index (κ1) is 20.5. The summed E-state index contributed by atoms with van der Waals surface area (Å²) < 4.78 is 2.50. The van der Waals surface area contributed by atoms with Gasteiger partial charge in [0.15, 0.2) is 10.6 Å². The van der Waals surface area contributed by atoms with E-state index in [0.717, 1.165) is 43.6 Å². The molecule has 0 bridgehead atoms. The van der Waals surface area contributed by atoms with E-state index in [1.807, 2.05) is 22.8 Å². The van der Waals surface area contributed by atoms with Crippen LogP contribution in [0.3, 0.4) is 0 Å². The maximum atomic E-state index is 13.0. The fraction of sp³-hybridized carbons (Fsp3) is 0.375. The Morgan fingerprint density at radius 1 is 1.20 bits per heavy atom. The third-order valence-electron chi connectivity index (χ3n) is 5.89. The number of aryl methyl sites for hydroxylation is 2. The number of hydrogen-bond donors (Lipinski definition) is 1. The van der Waals surface area contributed by atoms with Crippen molar-refractivity contribution in [1.82, 2.24) is 19.7 Å². The van der Waals surface area contributed by atoms with Gasteiger partial charge in [-0.3, -0.25) is 14.5 Å². The van der Waals surface area contributed by atoms with Crippen LogP contribution in [-0.2, 0) is 17.8 Å². The number of rotatable bonds is 7. The van der Waals surface area contributed by atoms with Crippen molar-refractivity contribution in [2.45, 2.75) is 51.6 Å². The predicted molar refractivity (Wildman–Crippen MR) is 122 cm³/mol. The minimum absolute atomic E-state index is 0.212. The summed E-state index contributed by atoms with van der Waals surface area (Å²) in [5.41, 5.74) is 3.52. The van der Waals surface area contributed by atoms with Crippen LogP contribution < -0.4 is 0 Å². The smallest absolute Gasteiger partial charge is 0.224 e. The van der Waals surface area contributed by atoms with Gasteiger partial charge in [0.1, 0.15) is 0 Å². The summed E-state index contributed by atoms with van der Waals surface area (Å²) in [7, 11) is 0. The molecule has 1 saturated heterocycles. The van der Waals surface area contributed by atoms with E-state index >= 15 is 0 Å². The van der Waals surface area contributed by atoms with Crippen LogP contribution in [0.2, 0.25) is 0 Å². The molecule has 1 aliphatic rings. The van der Waals surface area contributed by atoms with Crippen LogP contribution in [0.4, 0.5) is 0 Å². The third-order valence-corrected chi connectivity index (χ3v) is 6.20. The van der Waals surface area contributed by atoms with Crippen LogP contribution in [0.25, 0.3) is 11.4 Å². The molecule has 0 saturated carbocycles. The second kappa shape index (κ2) is 9.39. The number of hydrogen-bond acceptors (Lipinski definition) is 3. The molecule has 2 aromatic carbocycles. The fourth-order valence-electron chi connectivity index (χ4n) is 4.32. The van der Waals surface area contributed by atoms with Crippen LogP contribution in [0.1, 0.15) is 36.8 Å². The zero-order valence-electron chi connectivity index (χ0n) is 17.4. The topological polar surface area (TPSA) is 53.9 Å². The summed E-state index contributed by atoms with van der Waals surface area (Å²) in [6, 6.07) is 19.0. The van der Waals surface area contributed by atoms with Crippen LogP contribution >= 0.6 is 12.2 Å². The molecular formula is C24H28N4OS. The van der Waals surface area contributed by atoms with E-state index in [0.29, 0.717) is 23.8 Å². The van der Waals surface area contributed by atoms with Gasteiger partial charge in [-0.2, -0.15) is 5.10 Å². The van der Waals surface area contributed by atoms with Crippen molar-refractivity contribution in [1.29, 1.82) is 0 Å². The molecule has 4 rings (SSSR count). The monoisotopic (exact) mass is 420 g/mol. The first-order valence-electron chi connectivity index (χ1n) is 10.7. The average molecular weight is 421 g/mol. The molecule has 1 aromatic heterocycles. The lowest BCUT2D eigenvalue weighted by Crippen LogP contribution is -2.36. The van der Waals surface area contributed by atoms with E-state index in [2.05, 4.69) is 58.4 Å². The number of likely N-dealkylation sites (tertiary alicyclic amines) is 1. The van der Waals surface area contributed by atoms with Gasteiger partial charge in [0.2, 0.25) is 5.91 Å². The van der Waals surface area contributed by atoms with Gasteiger partial charge >= 0.3 is 0 Å². The summed E-state index contributed by atoms with van der Waals surface area (Å²) in [4.78, 5) is 15.1. The second-order valence-corrected chi connectivity index (χ2v) is 8.42. The first-order chi connectivity index (χ1) is 14.6. The largest absolute Gasteiger partial charge is 0.340 e. The Labute approximate surface area is 182 Å². The SMILES string of the molecule is Cc1cccc(-c2n[nH]c(=S)n2CCC(=O)N2CCCC2CCc2ccccc2)c1. The summed E-state index contributed by atoms with van der Waals surface area (Å²) in [5.74, 6) is 1.00. The van der Waals surface area contributed by atoms with Gasteiger partial charge in [0.05, 0.1) is 0 Å². The Bertz CT molecular complexity index is 1060. The normalized spacial score (nSPS) is 16.2. The average Bonchev–Trinajstić information content (AvgIpc) is 3.38. The van der Waals surface area contributed by atoms with Crippen molar-refractivity contribution in [3.8, 4) is 11.4 Å². The number of carbonyl (C=O) groups excluding carboxylic acids is 1. The molecular weight excluding hydrogens is 392 g/mol. The van der Waals surface area contributed by atoms with Crippen molar-refractivity contribution >= 4 is 18.1 Å². The van der Waals surface area contributed by atoms with Crippen LogP contribution in [0.5, 0.6) is 0 Å². The fourth-order valence-corrected chi connectivity index (χ4v) is 4.55. The maximum Gasteiger partial charge on any atom is 0.224 e. The van der Waals surface area contributed by atoms with Crippen molar-refractivity contribution in [2.75, 3.05) is 6.54 Å². The van der Waals surface area contributed by atoms with Gasteiger partial charge in [0, 0.05) is 31.1 Å². The minimum atomic E-state index is 0.212. The van der Waals surface area contributed by atoms with Crippen LogP contribution in [0, 0.1) is 11.7 Å². The highest BCUT2D eigenvalue weighted by molar-refractivity contribution is 7.71. The molecule has 1 atom stereocenters. The van der Waals surface area contributed by atoms with E-state index in [9.17, 15) is 4.79 Å². The molecule has 1 amide bonds. The zero-order valence-corrected chi connectivity index (χ0v) is 18.2. The Morgan fingerprint density at radius 3 is 2.83 bits per heavy atom. The number of benzene rings is 2. The van der Waals surface area contributed by atoms with E-state index < -0.39 is 0 Å². The van der Waals surface area contributed by atoms with Gasteiger partial charge in [-0.1, -0.05) is 54.1 Å². The zero-order chi connectivity index (χ0) is 20.9. The molecule has 30 heavy (non-hydrogen) atoms. The lowest BCUT2D eigenvalue weighted by atomic mass is 10.0. The number of nitrogens with zero attached hydrogens (tertiary/aromatic N) is 3. The standard InChI is InChI=1S/C24H28N4OS/c1-18-7-5-10-20(17-18)23-25-26-24(30)28(23)16-14-22(29)27-15-6-11-21(27)13-12-19-8-3-2-4-9-19/h2-5,7-10,17,21H,6,11-16H2,1H3,(H,26,30). The summed E-state index contributed by atoms with van der Waals surface area (Å²) in [5, 5.41) is 7.29. The number of H-pyrrole nitrogens is 1. The highest BCUT2D eigenvalue weighted by Gasteiger charge is 2.28. The Hall–Kier alpha value is -2.73. The molecule has 3 aromatic rings. The highest BCUT2D eigenvalue weighted by atomic mass is 32.1. The molecule has 1 unspecified atom stereocenters. The third kappa shape index (κ3) is 4.70. The van der Waals surface area contributed by atoms with Crippen LogP contribution in [0.15, 0.2) is 54.6 Å². The molecule has 156 valence electrons. The first-order valence-corrected chi connectivity index (χ1v) is 11.1. The molecule has 2 heterocycles. The molecule has 1 fully saturated rings. The van der Waals surface area contributed by atoms with Crippen molar-refractivity contribution in [3.05, 3.63) is 70.5 Å². The summed E-state index contributed by atoms with van der Waals surface area (Å²) >= 11 is 5.43. The Kier molecular flexibility index (Phi) is 6.43. The van der Waals surface area contributed by atoms with Gasteiger partial charge in [0.25, 0.3) is 0 Å². The molecule has 1 N–H and O–H groups in total.